The molecule has 0 fully saturated rings. The van der Waals surface area contributed by atoms with Crippen LogP contribution in [0.2, 0.25) is 0 Å². The summed E-state index contributed by atoms with van der Waals surface area (Å²) in [6.07, 6.45) is 64.6. The highest BCUT2D eigenvalue weighted by atomic mass is 31.2. The minimum atomic E-state index is -4.38. The number of carbonyl (C=O) groups is 2. The van der Waals surface area contributed by atoms with Gasteiger partial charge in [-0.05, 0) is 51.4 Å². The number of nitrogens with zero attached hydrogens (tertiary/aromatic N) is 1. The number of phosphoric ester groups is 1. The van der Waals surface area contributed by atoms with Crippen LogP contribution in [0.1, 0.15) is 271 Å². The van der Waals surface area contributed by atoms with Gasteiger partial charge in [0.25, 0.3) is 0 Å². The van der Waals surface area contributed by atoms with E-state index < -0.39 is 26.5 Å². The zero-order valence-corrected chi connectivity index (χ0v) is 47.4. The number of ether oxygens (including phenoxy) is 2. The zero-order chi connectivity index (χ0) is 51.3. The molecular formula is C60H113NO8P+. The highest BCUT2D eigenvalue weighted by Crippen LogP contribution is 2.43. The van der Waals surface area contributed by atoms with Gasteiger partial charge >= 0.3 is 19.8 Å². The van der Waals surface area contributed by atoms with E-state index in [2.05, 4.69) is 62.5 Å². The molecule has 0 radical (unpaired) electrons. The van der Waals surface area contributed by atoms with E-state index in [1.54, 1.807) is 0 Å². The molecule has 70 heavy (non-hydrogen) atoms. The first kappa shape index (κ1) is 68.0. The van der Waals surface area contributed by atoms with Gasteiger partial charge in [-0.15, -0.1) is 0 Å². The summed E-state index contributed by atoms with van der Waals surface area (Å²) in [5.41, 5.74) is 0. The molecule has 0 rings (SSSR count). The van der Waals surface area contributed by atoms with Crippen molar-refractivity contribution >= 4 is 19.8 Å². The molecule has 0 aromatic carbocycles. The van der Waals surface area contributed by atoms with E-state index in [1.165, 1.54) is 180 Å². The summed E-state index contributed by atoms with van der Waals surface area (Å²) in [6.45, 7) is 4.36. The van der Waals surface area contributed by atoms with Crippen LogP contribution in [-0.4, -0.2) is 74.9 Å². The van der Waals surface area contributed by atoms with Crippen molar-refractivity contribution in [3.05, 3.63) is 48.6 Å². The predicted molar refractivity (Wildman–Crippen MR) is 298 cm³/mol. The van der Waals surface area contributed by atoms with Crippen LogP contribution in [0.3, 0.4) is 0 Å². The lowest BCUT2D eigenvalue weighted by Crippen LogP contribution is -2.37. The van der Waals surface area contributed by atoms with E-state index in [0.29, 0.717) is 23.9 Å². The van der Waals surface area contributed by atoms with Crippen LogP contribution in [0.25, 0.3) is 0 Å². The number of likely N-dealkylation sites (N-methyl/N-ethyl adjacent to an activating group) is 1. The average molecular weight is 1010 g/mol. The first-order chi connectivity index (χ1) is 34.0. The SMILES string of the molecule is CC/C=C\C/C=C\C/C=C\C/C=C\CCCCCCCCCCCCCCCCC(=O)OC(COC(=O)CCCCCCCCCCCCCCCCCCCCC)COP(=O)(O)OCC[N+](C)(C)C. The molecule has 0 spiro atoms. The van der Waals surface area contributed by atoms with Crippen molar-refractivity contribution in [2.75, 3.05) is 47.5 Å². The quantitative estimate of drug-likeness (QED) is 0.0211. The Bertz CT molecular complexity index is 1320. The first-order valence-corrected chi connectivity index (χ1v) is 30.9. The average Bonchev–Trinajstić information content (AvgIpc) is 3.32. The van der Waals surface area contributed by atoms with E-state index in [9.17, 15) is 19.0 Å². The normalized spacial score (nSPS) is 13.6. The number of carbonyl (C=O) groups excluding carboxylic acids is 2. The molecule has 0 aliphatic heterocycles. The number of hydrogen-bond acceptors (Lipinski definition) is 7. The lowest BCUT2D eigenvalue weighted by atomic mass is 10.0. The fourth-order valence-corrected chi connectivity index (χ4v) is 9.10. The van der Waals surface area contributed by atoms with Gasteiger partial charge in [-0.1, -0.05) is 255 Å². The van der Waals surface area contributed by atoms with Crippen LogP contribution >= 0.6 is 7.82 Å². The summed E-state index contributed by atoms with van der Waals surface area (Å²) in [5.74, 6) is -0.785. The highest BCUT2D eigenvalue weighted by molar-refractivity contribution is 7.47. The van der Waals surface area contributed by atoms with Gasteiger partial charge in [-0.2, -0.15) is 0 Å². The van der Waals surface area contributed by atoms with Crippen molar-refractivity contribution in [3.63, 3.8) is 0 Å². The van der Waals surface area contributed by atoms with E-state index in [1.807, 2.05) is 21.1 Å². The van der Waals surface area contributed by atoms with Gasteiger partial charge in [0.05, 0.1) is 27.7 Å². The number of unbranched alkanes of at least 4 members (excludes halogenated alkanes) is 32. The molecule has 10 heteroatoms. The van der Waals surface area contributed by atoms with Crippen molar-refractivity contribution in [1.82, 2.24) is 0 Å². The summed E-state index contributed by atoms with van der Waals surface area (Å²) in [7, 11) is 1.49. The number of rotatable bonds is 54. The third-order valence-electron chi connectivity index (χ3n) is 12.9. The van der Waals surface area contributed by atoms with Crippen LogP contribution in [0.4, 0.5) is 0 Å². The zero-order valence-electron chi connectivity index (χ0n) is 46.5. The second-order valence-electron chi connectivity index (χ2n) is 21.0. The number of hydrogen-bond donors (Lipinski definition) is 1. The van der Waals surface area contributed by atoms with Gasteiger partial charge < -0.3 is 18.9 Å². The molecule has 1 N–H and O–H groups in total. The van der Waals surface area contributed by atoms with Crippen molar-refractivity contribution < 1.29 is 42.1 Å². The molecular weight excluding hydrogens is 894 g/mol. The number of allylic oxidation sites excluding steroid dienone is 8. The summed E-state index contributed by atoms with van der Waals surface area (Å²) < 4.78 is 34.6. The Labute approximate surface area is 433 Å². The molecule has 9 nitrogen and oxygen atoms in total. The molecule has 2 atom stereocenters. The monoisotopic (exact) mass is 1010 g/mol. The minimum absolute atomic E-state index is 0.0329. The van der Waals surface area contributed by atoms with E-state index in [4.69, 9.17) is 18.5 Å². The Morgan fingerprint density at radius 2 is 0.814 bits per heavy atom. The van der Waals surface area contributed by atoms with Crippen molar-refractivity contribution in [3.8, 4) is 0 Å². The predicted octanol–water partition coefficient (Wildman–Crippen LogP) is 18.1. The standard InChI is InChI=1S/C60H112NO8P/c1-6-8-10-12-14-16-18-20-22-24-26-27-28-29-30-31-32-33-35-37-39-41-43-45-47-49-51-53-60(63)69-58(57-68-70(64,65)67-55-54-61(3,4)5)56-66-59(62)52-50-48-46-44-42-40-38-36-34-25-23-21-19-17-15-13-11-9-7-2/h8,10,14,16,20,22,26-27,58H,6-7,9,11-13,15,17-19,21,23-25,28-57H2,1-5H3/p+1/b10-8-,16-14-,22-20-,27-26-. The fourth-order valence-electron chi connectivity index (χ4n) is 8.36. The Morgan fingerprint density at radius 3 is 1.21 bits per heavy atom. The maximum atomic E-state index is 12.8. The molecule has 0 aromatic rings. The summed E-state index contributed by atoms with van der Waals surface area (Å²) in [4.78, 5) is 35.7. The second-order valence-corrected chi connectivity index (χ2v) is 22.5. The second kappa shape index (κ2) is 51.9. The molecule has 0 aliphatic rings. The Hall–Kier alpha value is -2.03. The lowest BCUT2D eigenvalue weighted by Gasteiger charge is -2.24. The molecule has 0 aromatic heterocycles. The van der Waals surface area contributed by atoms with Crippen molar-refractivity contribution in [2.24, 2.45) is 0 Å². The maximum absolute atomic E-state index is 12.8. The van der Waals surface area contributed by atoms with Gasteiger partial charge in [0.15, 0.2) is 6.10 Å². The lowest BCUT2D eigenvalue weighted by molar-refractivity contribution is -0.870. The fraction of sp³-hybridized carbons (Fsp3) is 0.833. The Balaban J connectivity index is 4.12. The topological polar surface area (TPSA) is 108 Å². The van der Waals surface area contributed by atoms with E-state index >= 15 is 0 Å². The third-order valence-corrected chi connectivity index (χ3v) is 13.9. The highest BCUT2D eigenvalue weighted by Gasteiger charge is 2.27. The molecule has 0 saturated heterocycles. The summed E-state index contributed by atoms with van der Waals surface area (Å²) in [5, 5.41) is 0. The van der Waals surface area contributed by atoms with Crippen LogP contribution < -0.4 is 0 Å². The molecule has 2 unspecified atom stereocenters. The molecule has 410 valence electrons. The number of quaternary nitrogens is 1. The maximum Gasteiger partial charge on any atom is 0.472 e. The first-order valence-electron chi connectivity index (χ1n) is 29.4. The van der Waals surface area contributed by atoms with Crippen LogP contribution in [-0.2, 0) is 32.7 Å². The van der Waals surface area contributed by atoms with Crippen LogP contribution in [0, 0.1) is 0 Å². The molecule has 0 aliphatic carbocycles. The number of phosphoric acid groups is 1. The third kappa shape index (κ3) is 55.3. The van der Waals surface area contributed by atoms with Crippen molar-refractivity contribution in [1.29, 1.82) is 0 Å². The Morgan fingerprint density at radius 1 is 0.457 bits per heavy atom. The minimum Gasteiger partial charge on any atom is -0.462 e. The van der Waals surface area contributed by atoms with E-state index in [-0.39, 0.29) is 25.6 Å². The Kier molecular flexibility index (Phi) is 50.4. The van der Waals surface area contributed by atoms with Gasteiger partial charge in [0, 0.05) is 12.8 Å². The summed E-state index contributed by atoms with van der Waals surface area (Å²) in [6, 6.07) is 0. The summed E-state index contributed by atoms with van der Waals surface area (Å²) >= 11 is 0. The smallest absolute Gasteiger partial charge is 0.462 e. The van der Waals surface area contributed by atoms with Gasteiger partial charge in [0.1, 0.15) is 19.8 Å². The van der Waals surface area contributed by atoms with Crippen molar-refractivity contribution in [2.45, 2.75) is 277 Å². The molecule has 0 bridgehead atoms. The van der Waals surface area contributed by atoms with E-state index in [0.717, 1.165) is 57.8 Å². The van der Waals surface area contributed by atoms with Crippen LogP contribution in [0.5, 0.6) is 0 Å². The molecule has 0 saturated carbocycles. The molecule has 0 amide bonds. The largest absolute Gasteiger partial charge is 0.472 e. The molecule has 0 heterocycles. The van der Waals surface area contributed by atoms with Gasteiger partial charge in [-0.25, -0.2) is 4.57 Å². The van der Waals surface area contributed by atoms with Gasteiger partial charge in [-0.3, -0.25) is 18.6 Å². The van der Waals surface area contributed by atoms with Crippen LogP contribution in [0.15, 0.2) is 48.6 Å². The number of esters is 2. The van der Waals surface area contributed by atoms with Gasteiger partial charge in [0.2, 0.25) is 0 Å².